The normalized spacial score (nSPS) is 19.1. The zero-order valence-corrected chi connectivity index (χ0v) is 21.8. The third-order valence-electron chi connectivity index (χ3n) is 6.52. The Morgan fingerprint density at radius 3 is 1.60 bits per heavy atom. The summed E-state index contributed by atoms with van der Waals surface area (Å²) >= 11 is 3.18. The lowest BCUT2D eigenvalue weighted by molar-refractivity contribution is -0.136. The van der Waals surface area contributed by atoms with E-state index in [1.165, 1.54) is 0 Å². The Labute approximate surface area is 215 Å². The molecular formula is C28H33BrN2O4. The number of nitrogens with zero attached hydrogens (tertiary/aromatic N) is 2. The van der Waals surface area contributed by atoms with Gasteiger partial charge >= 0.3 is 0 Å². The highest BCUT2D eigenvalue weighted by atomic mass is 79.9. The molecule has 4 rings (SSSR count). The van der Waals surface area contributed by atoms with Crippen molar-refractivity contribution in [2.75, 3.05) is 18.4 Å². The van der Waals surface area contributed by atoms with E-state index in [9.17, 15) is 19.2 Å². The van der Waals surface area contributed by atoms with Crippen LogP contribution < -0.4 is 0 Å². The van der Waals surface area contributed by atoms with E-state index in [1.807, 2.05) is 60.7 Å². The summed E-state index contributed by atoms with van der Waals surface area (Å²) in [6.45, 7) is 2.99. The number of rotatable bonds is 7. The number of likely N-dealkylation sites (tertiary alicyclic amines) is 2. The van der Waals surface area contributed by atoms with Crippen molar-refractivity contribution in [3.63, 3.8) is 0 Å². The van der Waals surface area contributed by atoms with E-state index < -0.39 is 0 Å². The monoisotopic (exact) mass is 540 g/mol. The lowest BCUT2D eigenvalue weighted by atomic mass is 10.1. The molecule has 2 fully saturated rings. The minimum absolute atomic E-state index is 0.0537. The number of Topliss-reactive ketones (excluding diaryl/α,β-unsaturated/α-hetero) is 2. The molecule has 2 aromatic carbocycles. The molecule has 0 saturated carbocycles. The molecule has 186 valence electrons. The fourth-order valence-corrected chi connectivity index (χ4v) is 5.09. The van der Waals surface area contributed by atoms with Crippen LogP contribution in [0.15, 0.2) is 60.7 Å². The first-order valence-corrected chi connectivity index (χ1v) is 13.3. The first-order valence-electron chi connectivity index (χ1n) is 12.2. The number of halogens is 1. The molecule has 2 heterocycles. The molecular weight excluding hydrogens is 508 g/mol. The van der Waals surface area contributed by atoms with Gasteiger partial charge in [0.1, 0.15) is 0 Å². The first-order chi connectivity index (χ1) is 16.9. The van der Waals surface area contributed by atoms with Gasteiger partial charge in [0.05, 0.1) is 30.3 Å². The van der Waals surface area contributed by atoms with Crippen LogP contribution in [0.4, 0.5) is 0 Å². The van der Waals surface area contributed by atoms with Crippen molar-refractivity contribution < 1.29 is 19.2 Å². The lowest BCUT2D eigenvalue weighted by Gasteiger charge is -2.23. The average molecular weight is 541 g/mol. The van der Waals surface area contributed by atoms with Crippen LogP contribution in [0.1, 0.15) is 43.7 Å². The van der Waals surface area contributed by atoms with Crippen LogP contribution in [-0.4, -0.2) is 63.7 Å². The van der Waals surface area contributed by atoms with Crippen molar-refractivity contribution in [1.29, 1.82) is 0 Å². The summed E-state index contributed by atoms with van der Waals surface area (Å²) in [5.41, 5.74) is 2.01. The molecule has 0 bridgehead atoms. The van der Waals surface area contributed by atoms with Crippen LogP contribution in [0.2, 0.25) is 0 Å². The smallest absolute Gasteiger partial charge is 0.227 e. The zero-order valence-electron chi connectivity index (χ0n) is 20.2. The van der Waals surface area contributed by atoms with Gasteiger partial charge in [-0.15, -0.1) is 0 Å². The molecule has 0 aromatic heterocycles. The summed E-state index contributed by atoms with van der Waals surface area (Å²) in [7, 11) is 0. The fourth-order valence-electron chi connectivity index (χ4n) is 4.72. The largest absolute Gasteiger partial charge is 0.332 e. The van der Waals surface area contributed by atoms with Crippen LogP contribution >= 0.6 is 15.9 Å². The zero-order chi connectivity index (χ0) is 25.2. The SMILES string of the molecule is CC(=O)[C@@H]1CCCN1C(=O)Cc1ccccc1.O=C(CBr)[C@@H]1CCCN1C(=O)Cc1ccccc1. The summed E-state index contributed by atoms with van der Waals surface area (Å²) < 4.78 is 0. The molecule has 0 aliphatic carbocycles. The van der Waals surface area contributed by atoms with E-state index in [0.717, 1.165) is 43.4 Å². The van der Waals surface area contributed by atoms with E-state index in [4.69, 9.17) is 0 Å². The fraction of sp³-hybridized carbons (Fsp3) is 0.429. The molecule has 2 aliphatic rings. The molecule has 2 aromatic rings. The first kappa shape index (κ1) is 26.8. The number of ketones is 2. The summed E-state index contributed by atoms with van der Waals surface area (Å²) in [6.07, 6.45) is 4.24. The number of carbonyl (C=O) groups excluding carboxylic acids is 4. The maximum absolute atomic E-state index is 12.2. The van der Waals surface area contributed by atoms with Crippen LogP contribution in [0.3, 0.4) is 0 Å². The van der Waals surface area contributed by atoms with Crippen LogP contribution in [0, 0.1) is 0 Å². The third kappa shape index (κ3) is 7.59. The van der Waals surface area contributed by atoms with Gasteiger partial charge in [-0.1, -0.05) is 76.6 Å². The van der Waals surface area contributed by atoms with Crippen LogP contribution in [0.25, 0.3) is 0 Å². The molecule has 0 unspecified atom stereocenters. The van der Waals surface area contributed by atoms with Gasteiger partial charge in [-0.05, 0) is 43.7 Å². The van der Waals surface area contributed by atoms with Gasteiger partial charge in [0.15, 0.2) is 11.6 Å². The quantitative estimate of drug-likeness (QED) is 0.497. The number of hydrogen-bond donors (Lipinski definition) is 0. The maximum atomic E-state index is 12.2. The van der Waals surface area contributed by atoms with Gasteiger partial charge in [0.2, 0.25) is 11.8 Å². The van der Waals surface area contributed by atoms with E-state index in [0.29, 0.717) is 24.7 Å². The van der Waals surface area contributed by atoms with Gasteiger partial charge in [-0.2, -0.15) is 0 Å². The van der Waals surface area contributed by atoms with E-state index >= 15 is 0 Å². The standard InChI is InChI=1S/C14H16BrNO2.C14H17NO2/c15-10-13(17)12-7-4-8-16(12)14(18)9-11-5-2-1-3-6-11;1-11(16)13-8-5-9-15(13)14(17)10-12-6-3-2-4-7-12/h1-3,5-6,12H,4,7-10H2;2-4,6-7,13H,5,8-10H2,1H3/t12-;13-/m00/s1. The molecule has 7 heteroatoms. The minimum Gasteiger partial charge on any atom is -0.332 e. The van der Waals surface area contributed by atoms with E-state index in [2.05, 4.69) is 15.9 Å². The summed E-state index contributed by atoms with van der Waals surface area (Å²) in [6, 6.07) is 18.9. The Kier molecular flexibility index (Phi) is 10.2. The summed E-state index contributed by atoms with van der Waals surface area (Å²) in [5.74, 6) is 0.324. The number of benzene rings is 2. The minimum atomic E-state index is -0.222. The number of amides is 2. The molecule has 0 radical (unpaired) electrons. The Hall–Kier alpha value is -2.80. The van der Waals surface area contributed by atoms with Gasteiger partial charge in [-0.3, -0.25) is 19.2 Å². The third-order valence-corrected chi connectivity index (χ3v) is 7.07. The van der Waals surface area contributed by atoms with Gasteiger partial charge in [0, 0.05) is 13.1 Å². The topological polar surface area (TPSA) is 74.8 Å². The Morgan fingerprint density at radius 2 is 1.17 bits per heavy atom. The molecule has 2 saturated heterocycles. The Morgan fingerprint density at radius 1 is 0.743 bits per heavy atom. The van der Waals surface area contributed by atoms with Crippen molar-refractivity contribution in [3.05, 3.63) is 71.8 Å². The van der Waals surface area contributed by atoms with Gasteiger partial charge in [0.25, 0.3) is 0 Å². The van der Waals surface area contributed by atoms with Gasteiger partial charge < -0.3 is 9.80 Å². The van der Waals surface area contributed by atoms with Crippen LogP contribution in [-0.2, 0) is 32.0 Å². The lowest BCUT2D eigenvalue weighted by Crippen LogP contribution is -2.41. The number of alkyl halides is 1. The van der Waals surface area contributed by atoms with Crippen molar-refractivity contribution in [2.45, 2.75) is 57.5 Å². The summed E-state index contributed by atoms with van der Waals surface area (Å²) in [4.78, 5) is 50.9. The van der Waals surface area contributed by atoms with Gasteiger partial charge in [-0.25, -0.2) is 0 Å². The van der Waals surface area contributed by atoms with Crippen molar-refractivity contribution in [2.24, 2.45) is 0 Å². The highest BCUT2D eigenvalue weighted by Crippen LogP contribution is 2.21. The molecule has 35 heavy (non-hydrogen) atoms. The number of hydrogen-bond acceptors (Lipinski definition) is 4. The predicted octanol–water partition coefficient (Wildman–Crippen LogP) is 3.99. The molecule has 2 amide bonds. The Balaban J connectivity index is 0.000000196. The van der Waals surface area contributed by atoms with E-state index in [1.54, 1.807) is 16.7 Å². The Bertz CT molecular complexity index is 1010. The second kappa shape index (κ2) is 13.3. The molecule has 2 atom stereocenters. The van der Waals surface area contributed by atoms with Crippen LogP contribution in [0.5, 0.6) is 0 Å². The maximum Gasteiger partial charge on any atom is 0.227 e. The average Bonchev–Trinajstić information content (AvgIpc) is 3.56. The number of carbonyl (C=O) groups is 4. The second-order valence-corrected chi connectivity index (χ2v) is 9.59. The van der Waals surface area contributed by atoms with Crippen molar-refractivity contribution in [3.8, 4) is 0 Å². The second-order valence-electron chi connectivity index (χ2n) is 9.03. The predicted molar refractivity (Wildman–Crippen MR) is 139 cm³/mol. The van der Waals surface area contributed by atoms with Crippen molar-refractivity contribution >= 4 is 39.3 Å². The van der Waals surface area contributed by atoms with Crippen molar-refractivity contribution in [1.82, 2.24) is 9.80 Å². The highest BCUT2D eigenvalue weighted by Gasteiger charge is 2.33. The molecule has 2 aliphatic heterocycles. The molecule has 6 nitrogen and oxygen atoms in total. The summed E-state index contributed by atoms with van der Waals surface area (Å²) in [5, 5.41) is 0.326. The van der Waals surface area contributed by atoms with E-state index in [-0.39, 0.29) is 35.5 Å². The molecule has 0 N–H and O–H groups in total. The highest BCUT2D eigenvalue weighted by molar-refractivity contribution is 9.09. The molecule has 0 spiro atoms.